The van der Waals surface area contributed by atoms with Gasteiger partial charge in [-0.3, -0.25) is 4.68 Å². The van der Waals surface area contributed by atoms with Gasteiger partial charge in [-0.25, -0.2) is 18.3 Å². The van der Waals surface area contributed by atoms with E-state index in [4.69, 9.17) is 4.98 Å². The van der Waals surface area contributed by atoms with Crippen LogP contribution in [0.1, 0.15) is 37.8 Å². The van der Waals surface area contributed by atoms with Gasteiger partial charge in [-0.1, -0.05) is 24.3 Å². The van der Waals surface area contributed by atoms with Gasteiger partial charge in [0, 0.05) is 28.9 Å². The molecule has 0 aliphatic heterocycles. The Balaban J connectivity index is 1.62. The summed E-state index contributed by atoms with van der Waals surface area (Å²) in [6.45, 7) is 1.76. The first-order chi connectivity index (χ1) is 15.0. The first-order valence-corrected chi connectivity index (χ1v) is 10.1. The zero-order chi connectivity index (χ0) is 21.5. The van der Waals surface area contributed by atoms with Crippen molar-refractivity contribution in [2.24, 2.45) is 0 Å². The van der Waals surface area contributed by atoms with Crippen LogP contribution in [0.3, 0.4) is 0 Å². The van der Waals surface area contributed by atoms with Crippen molar-refractivity contribution < 1.29 is 13.9 Å². The topological polar surface area (TPSA) is 93.2 Å². The second-order valence-electron chi connectivity index (χ2n) is 7.77. The van der Waals surface area contributed by atoms with Gasteiger partial charge >= 0.3 is 0 Å². The number of fused-ring (bicyclic) bond motifs is 1. The molecular weight excluding hydrogens is 404 g/mol. The van der Waals surface area contributed by atoms with E-state index >= 15 is 0 Å². The maximum absolute atomic E-state index is 12.9. The first-order valence-electron chi connectivity index (χ1n) is 10.1. The Hall–Kier alpha value is -3.40. The minimum Gasteiger partial charge on any atom is -0.394 e. The van der Waals surface area contributed by atoms with Crippen LogP contribution >= 0.6 is 0 Å². The van der Waals surface area contributed by atoms with E-state index in [1.807, 2.05) is 17.8 Å². The third-order valence-electron chi connectivity index (χ3n) is 5.22. The van der Waals surface area contributed by atoms with Crippen molar-refractivity contribution in [1.29, 1.82) is 0 Å². The maximum atomic E-state index is 12.9. The van der Waals surface area contributed by atoms with Crippen LogP contribution in [0, 0.1) is 0 Å². The average molecular weight is 425 g/mol. The number of aromatic nitrogens is 6. The summed E-state index contributed by atoms with van der Waals surface area (Å²) >= 11 is 0. The van der Waals surface area contributed by atoms with Gasteiger partial charge in [-0.05, 0) is 19.8 Å². The molecule has 31 heavy (non-hydrogen) atoms. The number of anilines is 1. The molecule has 0 bridgehead atoms. The summed E-state index contributed by atoms with van der Waals surface area (Å²) in [5, 5.41) is 21.3. The summed E-state index contributed by atoms with van der Waals surface area (Å²) in [4.78, 5) is 9.33. The lowest BCUT2D eigenvalue weighted by Gasteiger charge is -2.07. The quantitative estimate of drug-likeness (QED) is 0.469. The van der Waals surface area contributed by atoms with Crippen LogP contribution in [-0.4, -0.2) is 47.1 Å². The standard InChI is InChI=1S/C21H21F2N7O/c1-12(11-31)25-21-27-20-18(15-8-24-29(9-15)16-6-7-16)26-17(10-30(20)28-21)13-2-4-14(5-3-13)19(22)23/h2-5,8-10,12,16,19,31H,6-7,11H2,1H3,(H,25,28)/t12-/m0/s1. The molecule has 10 heteroatoms. The number of rotatable bonds is 7. The minimum absolute atomic E-state index is 0.0407. The van der Waals surface area contributed by atoms with E-state index < -0.39 is 6.43 Å². The molecule has 0 unspecified atom stereocenters. The minimum atomic E-state index is -2.52. The fourth-order valence-electron chi connectivity index (χ4n) is 3.35. The highest BCUT2D eigenvalue weighted by atomic mass is 19.3. The highest BCUT2D eigenvalue weighted by molar-refractivity contribution is 5.76. The molecule has 1 saturated carbocycles. The van der Waals surface area contributed by atoms with Gasteiger partial charge in [-0.15, -0.1) is 5.10 Å². The van der Waals surface area contributed by atoms with Crippen LogP contribution in [0.2, 0.25) is 0 Å². The molecule has 3 heterocycles. The molecule has 1 fully saturated rings. The fourth-order valence-corrected chi connectivity index (χ4v) is 3.35. The Morgan fingerprint density at radius 1 is 1.13 bits per heavy atom. The molecule has 1 aliphatic carbocycles. The Morgan fingerprint density at radius 2 is 1.90 bits per heavy atom. The number of hydrogen-bond donors (Lipinski definition) is 2. The normalized spacial score (nSPS) is 15.0. The van der Waals surface area contributed by atoms with E-state index in [2.05, 4.69) is 20.5 Å². The summed E-state index contributed by atoms with van der Waals surface area (Å²) in [5.41, 5.74) is 3.17. The predicted molar refractivity (Wildman–Crippen MR) is 111 cm³/mol. The molecule has 5 rings (SSSR count). The van der Waals surface area contributed by atoms with Crippen molar-refractivity contribution >= 4 is 11.6 Å². The highest BCUT2D eigenvalue weighted by Crippen LogP contribution is 2.36. The number of benzene rings is 1. The second-order valence-corrected chi connectivity index (χ2v) is 7.77. The number of hydrogen-bond acceptors (Lipinski definition) is 6. The summed E-state index contributed by atoms with van der Waals surface area (Å²) in [7, 11) is 0. The van der Waals surface area contributed by atoms with Gasteiger partial charge in [0.25, 0.3) is 6.43 Å². The molecule has 1 atom stereocenters. The lowest BCUT2D eigenvalue weighted by Crippen LogP contribution is -2.20. The molecule has 1 aromatic carbocycles. The van der Waals surface area contributed by atoms with E-state index in [9.17, 15) is 13.9 Å². The van der Waals surface area contributed by atoms with Crippen LogP contribution in [0.4, 0.5) is 14.7 Å². The van der Waals surface area contributed by atoms with Crippen molar-refractivity contribution in [3.05, 3.63) is 48.4 Å². The smallest absolute Gasteiger partial charge is 0.263 e. The molecule has 0 amide bonds. The zero-order valence-electron chi connectivity index (χ0n) is 16.8. The molecule has 3 aromatic heterocycles. The van der Waals surface area contributed by atoms with Crippen molar-refractivity contribution in [3.8, 4) is 22.5 Å². The first kappa shape index (κ1) is 19.6. The summed E-state index contributed by atoms with van der Waals surface area (Å²) in [6.07, 6.45) is 5.11. The lowest BCUT2D eigenvalue weighted by atomic mass is 10.1. The van der Waals surface area contributed by atoms with E-state index in [1.54, 1.807) is 29.0 Å². The number of halogens is 2. The molecule has 0 radical (unpaired) electrons. The predicted octanol–water partition coefficient (Wildman–Crippen LogP) is 3.72. The molecule has 160 valence electrons. The Kier molecular flexibility index (Phi) is 4.85. The van der Waals surface area contributed by atoms with E-state index in [0.29, 0.717) is 34.6 Å². The molecule has 8 nitrogen and oxygen atoms in total. The second kappa shape index (κ2) is 7.69. The van der Waals surface area contributed by atoms with Crippen molar-refractivity contribution in [2.75, 3.05) is 11.9 Å². The molecule has 4 aromatic rings. The molecular formula is C21H21F2N7O. The van der Waals surface area contributed by atoms with Crippen molar-refractivity contribution in [2.45, 2.75) is 38.3 Å². The van der Waals surface area contributed by atoms with Gasteiger partial charge in [0.1, 0.15) is 5.69 Å². The SMILES string of the molecule is C[C@@H](CO)Nc1nc2c(-c3cnn(C4CC4)c3)nc(-c3ccc(C(F)F)cc3)cn2n1. The Bertz CT molecular complexity index is 1210. The van der Waals surface area contributed by atoms with Crippen molar-refractivity contribution in [1.82, 2.24) is 29.4 Å². The van der Waals surface area contributed by atoms with Gasteiger partial charge in [0.15, 0.2) is 5.65 Å². The zero-order valence-corrected chi connectivity index (χ0v) is 16.8. The molecule has 0 spiro atoms. The number of alkyl halides is 2. The third-order valence-corrected chi connectivity index (χ3v) is 5.22. The van der Waals surface area contributed by atoms with Crippen molar-refractivity contribution in [3.63, 3.8) is 0 Å². The van der Waals surface area contributed by atoms with Crippen LogP contribution in [-0.2, 0) is 0 Å². The Labute approximate surface area is 176 Å². The summed E-state index contributed by atoms with van der Waals surface area (Å²) in [6, 6.07) is 6.25. The summed E-state index contributed by atoms with van der Waals surface area (Å²) < 4.78 is 29.4. The highest BCUT2D eigenvalue weighted by Gasteiger charge is 2.25. The van der Waals surface area contributed by atoms with Gasteiger partial charge in [0.2, 0.25) is 5.95 Å². The van der Waals surface area contributed by atoms with Crippen LogP contribution in [0.25, 0.3) is 28.2 Å². The van der Waals surface area contributed by atoms with Crippen LogP contribution < -0.4 is 5.32 Å². The Morgan fingerprint density at radius 3 is 2.58 bits per heavy atom. The number of nitrogens with one attached hydrogen (secondary N) is 1. The van der Waals surface area contributed by atoms with E-state index in [0.717, 1.165) is 18.4 Å². The average Bonchev–Trinajstić information content (AvgIpc) is 3.36. The van der Waals surface area contributed by atoms with E-state index in [1.165, 1.54) is 12.1 Å². The number of aliphatic hydroxyl groups is 1. The fraction of sp³-hybridized carbons (Fsp3) is 0.333. The van der Waals surface area contributed by atoms with E-state index in [-0.39, 0.29) is 18.2 Å². The summed E-state index contributed by atoms with van der Waals surface area (Å²) in [5.74, 6) is 0.365. The monoisotopic (exact) mass is 425 g/mol. The van der Waals surface area contributed by atoms with Crippen LogP contribution in [0.15, 0.2) is 42.9 Å². The molecule has 0 saturated heterocycles. The largest absolute Gasteiger partial charge is 0.394 e. The van der Waals surface area contributed by atoms with Gasteiger partial charge in [-0.2, -0.15) is 10.1 Å². The maximum Gasteiger partial charge on any atom is 0.263 e. The third kappa shape index (κ3) is 3.86. The van der Waals surface area contributed by atoms with Crippen LogP contribution in [0.5, 0.6) is 0 Å². The number of aliphatic hydroxyl groups excluding tert-OH is 1. The lowest BCUT2D eigenvalue weighted by molar-refractivity contribution is 0.151. The molecule has 1 aliphatic rings. The van der Waals surface area contributed by atoms with Gasteiger partial charge < -0.3 is 10.4 Å². The van der Waals surface area contributed by atoms with Gasteiger partial charge in [0.05, 0.1) is 30.7 Å². The molecule has 2 N–H and O–H groups in total. The number of nitrogens with zero attached hydrogens (tertiary/aromatic N) is 6.